The highest BCUT2D eigenvalue weighted by molar-refractivity contribution is 6.01. The van der Waals surface area contributed by atoms with Crippen LogP contribution in [0.4, 0.5) is 0 Å². The summed E-state index contributed by atoms with van der Waals surface area (Å²) in [6.07, 6.45) is 0.436. The van der Waals surface area contributed by atoms with Gasteiger partial charge >= 0.3 is 5.97 Å². The average Bonchev–Trinajstić information content (AvgIpc) is 2.27. The van der Waals surface area contributed by atoms with Gasteiger partial charge in [-0.15, -0.1) is 0 Å². The van der Waals surface area contributed by atoms with Gasteiger partial charge in [0.25, 0.3) is 0 Å². The van der Waals surface area contributed by atoms with E-state index in [2.05, 4.69) is 4.74 Å². The first kappa shape index (κ1) is 11.4. The molecule has 1 aromatic rings. The maximum atomic E-state index is 11.5. The lowest BCUT2D eigenvalue weighted by molar-refractivity contribution is 0.0600. The normalized spacial score (nSPS) is 9.80. The summed E-state index contributed by atoms with van der Waals surface area (Å²) in [7, 11) is 1.33. The highest BCUT2D eigenvalue weighted by atomic mass is 16.5. The van der Waals surface area contributed by atoms with Gasteiger partial charge in [0.15, 0.2) is 5.78 Å². The molecule has 0 aliphatic carbocycles. The van der Waals surface area contributed by atoms with Gasteiger partial charge in [-0.05, 0) is 18.6 Å². The summed E-state index contributed by atoms with van der Waals surface area (Å²) < 4.78 is 4.64. The predicted octanol–water partition coefficient (Wildman–Crippen LogP) is 2.37. The van der Waals surface area contributed by atoms with Crippen molar-refractivity contribution >= 4 is 11.8 Å². The van der Waals surface area contributed by atoms with Crippen molar-refractivity contribution in [1.82, 2.24) is 0 Å². The Morgan fingerprint density at radius 3 is 2.40 bits per heavy atom. The van der Waals surface area contributed by atoms with Gasteiger partial charge in [0, 0.05) is 12.0 Å². The van der Waals surface area contributed by atoms with E-state index in [1.54, 1.807) is 32.0 Å². The second-order valence-electron chi connectivity index (χ2n) is 3.25. The number of ketones is 1. The van der Waals surface area contributed by atoms with Gasteiger partial charge in [-0.25, -0.2) is 4.79 Å². The van der Waals surface area contributed by atoms with E-state index in [4.69, 9.17) is 0 Å². The molecule has 0 atom stereocenters. The zero-order chi connectivity index (χ0) is 11.4. The molecule has 0 N–H and O–H groups in total. The number of esters is 1. The summed E-state index contributed by atoms with van der Waals surface area (Å²) >= 11 is 0. The topological polar surface area (TPSA) is 43.4 Å². The van der Waals surface area contributed by atoms with Crippen LogP contribution in [-0.2, 0) is 4.74 Å². The molecule has 1 rings (SSSR count). The number of Topliss-reactive ketones (excluding diaryl/α,β-unsaturated/α-hetero) is 1. The first-order valence-electron chi connectivity index (χ1n) is 4.83. The van der Waals surface area contributed by atoms with E-state index in [0.29, 0.717) is 23.1 Å². The smallest absolute Gasteiger partial charge is 0.338 e. The summed E-state index contributed by atoms with van der Waals surface area (Å²) in [5.41, 5.74) is 1.74. The number of carbonyl (C=O) groups excluding carboxylic acids is 2. The van der Waals surface area contributed by atoms with Crippen molar-refractivity contribution in [2.24, 2.45) is 0 Å². The standard InChI is InChI=1S/C12H14O3/c1-4-11(13)9-6-5-7-10(8(9)2)12(14)15-3/h5-7H,4H2,1-3H3. The average molecular weight is 206 g/mol. The van der Waals surface area contributed by atoms with E-state index in [1.165, 1.54) is 7.11 Å². The fraction of sp³-hybridized carbons (Fsp3) is 0.333. The number of benzene rings is 1. The third-order valence-electron chi connectivity index (χ3n) is 2.36. The number of hydrogen-bond acceptors (Lipinski definition) is 3. The van der Waals surface area contributed by atoms with Gasteiger partial charge in [-0.1, -0.05) is 19.1 Å². The third kappa shape index (κ3) is 2.24. The largest absolute Gasteiger partial charge is 0.465 e. The Bertz CT molecular complexity index is 360. The molecule has 0 amide bonds. The van der Waals surface area contributed by atoms with Crippen molar-refractivity contribution in [2.45, 2.75) is 20.3 Å². The quantitative estimate of drug-likeness (QED) is 0.563. The van der Waals surface area contributed by atoms with E-state index < -0.39 is 5.97 Å². The zero-order valence-electron chi connectivity index (χ0n) is 9.16. The Kier molecular flexibility index (Phi) is 3.61. The van der Waals surface area contributed by atoms with Crippen molar-refractivity contribution in [3.8, 4) is 0 Å². The summed E-state index contributed by atoms with van der Waals surface area (Å²) in [5.74, 6) is -0.364. The molecule has 0 bridgehead atoms. The Hall–Kier alpha value is -1.64. The van der Waals surface area contributed by atoms with Gasteiger partial charge in [-0.3, -0.25) is 4.79 Å². The zero-order valence-corrected chi connectivity index (χ0v) is 9.16. The van der Waals surface area contributed by atoms with Crippen LogP contribution in [0.15, 0.2) is 18.2 Å². The Labute approximate surface area is 89.1 Å². The van der Waals surface area contributed by atoms with Crippen molar-refractivity contribution in [1.29, 1.82) is 0 Å². The minimum Gasteiger partial charge on any atom is -0.465 e. The fourth-order valence-electron chi connectivity index (χ4n) is 1.46. The molecular weight excluding hydrogens is 192 g/mol. The van der Waals surface area contributed by atoms with Gasteiger partial charge in [0.05, 0.1) is 12.7 Å². The van der Waals surface area contributed by atoms with Crippen molar-refractivity contribution < 1.29 is 14.3 Å². The number of methoxy groups -OCH3 is 1. The Balaban J connectivity index is 3.23. The second kappa shape index (κ2) is 4.73. The first-order chi connectivity index (χ1) is 7.11. The lowest BCUT2D eigenvalue weighted by atomic mass is 9.98. The van der Waals surface area contributed by atoms with Crippen LogP contribution in [0.5, 0.6) is 0 Å². The van der Waals surface area contributed by atoms with Gasteiger partial charge < -0.3 is 4.74 Å². The van der Waals surface area contributed by atoms with Crippen LogP contribution in [0.25, 0.3) is 0 Å². The van der Waals surface area contributed by atoms with Crippen molar-refractivity contribution in [3.05, 3.63) is 34.9 Å². The minimum atomic E-state index is -0.404. The number of rotatable bonds is 3. The number of carbonyl (C=O) groups is 2. The van der Waals surface area contributed by atoms with Crippen LogP contribution < -0.4 is 0 Å². The molecule has 0 saturated heterocycles. The van der Waals surface area contributed by atoms with E-state index in [9.17, 15) is 9.59 Å². The Morgan fingerprint density at radius 1 is 1.27 bits per heavy atom. The van der Waals surface area contributed by atoms with Crippen LogP contribution >= 0.6 is 0 Å². The maximum absolute atomic E-state index is 11.5. The molecule has 15 heavy (non-hydrogen) atoms. The Morgan fingerprint density at radius 2 is 1.87 bits per heavy atom. The van der Waals surface area contributed by atoms with Gasteiger partial charge in [0.1, 0.15) is 0 Å². The third-order valence-corrected chi connectivity index (χ3v) is 2.36. The summed E-state index contributed by atoms with van der Waals surface area (Å²) in [6.45, 7) is 3.56. The molecule has 0 fully saturated rings. The summed E-state index contributed by atoms with van der Waals surface area (Å²) in [5, 5.41) is 0. The molecule has 0 aliphatic heterocycles. The molecule has 1 aromatic carbocycles. The SMILES string of the molecule is CCC(=O)c1cccc(C(=O)OC)c1C. The van der Waals surface area contributed by atoms with E-state index in [1.807, 2.05) is 0 Å². The van der Waals surface area contributed by atoms with Crippen LogP contribution in [0.2, 0.25) is 0 Å². The highest BCUT2D eigenvalue weighted by Gasteiger charge is 2.14. The van der Waals surface area contributed by atoms with Crippen LogP contribution in [0, 0.1) is 6.92 Å². The molecule has 0 saturated carbocycles. The first-order valence-corrected chi connectivity index (χ1v) is 4.83. The molecule has 0 unspecified atom stereocenters. The molecule has 3 nitrogen and oxygen atoms in total. The van der Waals surface area contributed by atoms with Crippen molar-refractivity contribution in [3.63, 3.8) is 0 Å². The molecule has 0 heterocycles. The summed E-state index contributed by atoms with van der Waals surface area (Å²) in [4.78, 5) is 22.9. The van der Waals surface area contributed by atoms with Gasteiger partial charge in [0.2, 0.25) is 0 Å². The van der Waals surface area contributed by atoms with Crippen molar-refractivity contribution in [2.75, 3.05) is 7.11 Å². The molecule has 0 aromatic heterocycles. The molecule has 3 heteroatoms. The fourth-order valence-corrected chi connectivity index (χ4v) is 1.46. The number of hydrogen-bond donors (Lipinski definition) is 0. The molecule has 0 aliphatic rings. The predicted molar refractivity (Wildman–Crippen MR) is 57.1 cm³/mol. The van der Waals surface area contributed by atoms with Gasteiger partial charge in [-0.2, -0.15) is 0 Å². The molecule has 80 valence electrons. The van der Waals surface area contributed by atoms with E-state index in [-0.39, 0.29) is 5.78 Å². The maximum Gasteiger partial charge on any atom is 0.338 e. The molecular formula is C12H14O3. The highest BCUT2D eigenvalue weighted by Crippen LogP contribution is 2.16. The summed E-state index contributed by atoms with van der Waals surface area (Å²) in [6, 6.07) is 5.09. The van der Waals surface area contributed by atoms with E-state index >= 15 is 0 Å². The monoisotopic (exact) mass is 206 g/mol. The van der Waals surface area contributed by atoms with Crippen LogP contribution in [0.1, 0.15) is 39.6 Å². The number of ether oxygens (including phenoxy) is 1. The second-order valence-corrected chi connectivity index (χ2v) is 3.25. The molecule has 0 radical (unpaired) electrons. The minimum absolute atomic E-state index is 0.0400. The molecule has 0 spiro atoms. The lowest BCUT2D eigenvalue weighted by Gasteiger charge is -2.07. The van der Waals surface area contributed by atoms with E-state index in [0.717, 1.165) is 0 Å². The lowest BCUT2D eigenvalue weighted by Crippen LogP contribution is -2.08. The van der Waals surface area contributed by atoms with Crippen LogP contribution in [0.3, 0.4) is 0 Å². The van der Waals surface area contributed by atoms with Crippen LogP contribution in [-0.4, -0.2) is 18.9 Å².